The number of nitrogens with two attached hydrogens (primary N) is 1. The van der Waals surface area contributed by atoms with Crippen LogP contribution in [0.1, 0.15) is 49.5 Å². The number of carbonyl (C=O) groups is 1. The van der Waals surface area contributed by atoms with Crippen molar-refractivity contribution in [1.82, 2.24) is 9.97 Å². The minimum absolute atomic E-state index is 0.195. The highest BCUT2D eigenvalue weighted by molar-refractivity contribution is 5.90. The summed E-state index contributed by atoms with van der Waals surface area (Å²) in [6.45, 7) is 3.05. The van der Waals surface area contributed by atoms with Gasteiger partial charge < -0.3 is 11.1 Å². The lowest BCUT2D eigenvalue weighted by Crippen LogP contribution is -2.15. The summed E-state index contributed by atoms with van der Waals surface area (Å²) in [6.07, 6.45) is 9.08. The molecule has 0 spiro atoms. The van der Waals surface area contributed by atoms with E-state index >= 15 is 0 Å². The molecule has 0 fully saturated rings. The van der Waals surface area contributed by atoms with E-state index in [4.69, 9.17) is 5.73 Å². The highest BCUT2D eigenvalue weighted by atomic mass is 16.1. The largest absolute Gasteiger partial charge is 0.369 e. The van der Waals surface area contributed by atoms with Crippen LogP contribution in [0.25, 0.3) is 0 Å². The number of primary amides is 1. The lowest BCUT2D eigenvalue weighted by Gasteiger charge is -2.05. The molecule has 0 atom stereocenters. The van der Waals surface area contributed by atoms with Crippen molar-refractivity contribution in [2.75, 3.05) is 11.9 Å². The van der Waals surface area contributed by atoms with E-state index < -0.39 is 5.91 Å². The summed E-state index contributed by atoms with van der Waals surface area (Å²) in [5, 5.41) is 3.14. The molecule has 1 heterocycles. The number of amides is 1. The Kier molecular flexibility index (Phi) is 5.99. The van der Waals surface area contributed by atoms with Crippen molar-refractivity contribution in [2.45, 2.75) is 39.0 Å². The molecular weight excluding hydrogens is 216 g/mol. The highest BCUT2D eigenvalue weighted by Crippen LogP contribution is 2.05. The third-order valence-electron chi connectivity index (χ3n) is 2.47. The van der Waals surface area contributed by atoms with Gasteiger partial charge in [0, 0.05) is 6.54 Å². The Morgan fingerprint density at radius 3 is 2.76 bits per heavy atom. The molecule has 0 unspecified atom stereocenters. The Morgan fingerprint density at radius 1 is 1.29 bits per heavy atom. The van der Waals surface area contributed by atoms with Crippen LogP contribution >= 0.6 is 0 Å². The van der Waals surface area contributed by atoms with Crippen molar-refractivity contribution in [3.63, 3.8) is 0 Å². The zero-order valence-corrected chi connectivity index (χ0v) is 10.3. The lowest BCUT2D eigenvalue weighted by molar-refractivity contribution is 0.0995. The molecule has 5 nitrogen and oxygen atoms in total. The van der Waals surface area contributed by atoms with Crippen molar-refractivity contribution in [3.8, 4) is 0 Å². The zero-order valence-electron chi connectivity index (χ0n) is 10.3. The first kappa shape index (κ1) is 13.4. The van der Waals surface area contributed by atoms with Gasteiger partial charge in [-0.3, -0.25) is 9.78 Å². The second-order valence-corrected chi connectivity index (χ2v) is 3.99. The van der Waals surface area contributed by atoms with Gasteiger partial charge in [0.1, 0.15) is 11.5 Å². The molecule has 1 amide bonds. The van der Waals surface area contributed by atoms with E-state index in [9.17, 15) is 4.79 Å². The number of nitrogens with one attached hydrogen (secondary N) is 1. The zero-order chi connectivity index (χ0) is 12.5. The normalized spacial score (nSPS) is 10.2. The van der Waals surface area contributed by atoms with Gasteiger partial charge in [0.15, 0.2) is 0 Å². The standard InChI is InChI=1S/C12H20N4O/c1-2-3-4-5-6-7-15-11-9-14-8-10(16-11)12(13)17/h8-9H,2-7H2,1H3,(H2,13,17)(H,15,16). The van der Waals surface area contributed by atoms with E-state index in [2.05, 4.69) is 22.2 Å². The number of aromatic nitrogens is 2. The van der Waals surface area contributed by atoms with Gasteiger partial charge in [-0.25, -0.2) is 4.98 Å². The molecule has 0 aliphatic rings. The van der Waals surface area contributed by atoms with Crippen LogP contribution in [0.4, 0.5) is 5.82 Å². The molecule has 1 aromatic rings. The number of hydrogen-bond acceptors (Lipinski definition) is 4. The summed E-state index contributed by atoms with van der Waals surface area (Å²) >= 11 is 0. The van der Waals surface area contributed by atoms with Crippen molar-refractivity contribution < 1.29 is 4.79 Å². The molecule has 0 aliphatic carbocycles. The fourth-order valence-electron chi connectivity index (χ4n) is 1.51. The summed E-state index contributed by atoms with van der Waals surface area (Å²) in [5.41, 5.74) is 5.32. The topological polar surface area (TPSA) is 80.9 Å². The summed E-state index contributed by atoms with van der Waals surface area (Å²) < 4.78 is 0. The lowest BCUT2D eigenvalue weighted by atomic mass is 10.1. The molecule has 0 aliphatic heterocycles. The van der Waals surface area contributed by atoms with Crippen molar-refractivity contribution in [3.05, 3.63) is 18.1 Å². The molecule has 0 aromatic carbocycles. The number of nitrogens with zero attached hydrogens (tertiary/aromatic N) is 2. The van der Waals surface area contributed by atoms with Crippen molar-refractivity contribution in [2.24, 2.45) is 5.73 Å². The van der Waals surface area contributed by atoms with Gasteiger partial charge in [0.25, 0.3) is 5.91 Å². The van der Waals surface area contributed by atoms with E-state index in [1.807, 2.05) is 0 Å². The van der Waals surface area contributed by atoms with Crippen molar-refractivity contribution in [1.29, 1.82) is 0 Å². The Labute approximate surface area is 102 Å². The molecule has 1 rings (SSSR count). The second kappa shape index (κ2) is 7.60. The van der Waals surface area contributed by atoms with Crippen LogP contribution in [-0.2, 0) is 0 Å². The van der Waals surface area contributed by atoms with E-state index in [1.54, 1.807) is 6.20 Å². The van der Waals surface area contributed by atoms with E-state index in [1.165, 1.54) is 31.9 Å². The van der Waals surface area contributed by atoms with Gasteiger partial charge in [0.05, 0.1) is 12.4 Å². The number of carbonyl (C=O) groups excluding carboxylic acids is 1. The summed E-state index contributed by atoms with van der Waals surface area (Å²) in [6, 6.07) is 0. The molecular formula is C12H20N4O. The SMILES string of the molecule is CCCCCCCNc1cncc(C(N)=O)n1. The Hall–Kier alpha value is -1.65. The van der Waals surface area contributed by atoms with Crippen molar-refractivity contribution >= 4 is 11.7 Å². The molecule has 0 saturated heterocycles. The van der Waals surface area contributed by atoms with Gasteiger partial charge >= 0.3 is 0 Å². The first-order valence-electron chi connectivity index (χ1n) is 6.09. The van der Waals surface area contributed by atoms with Gasteiger partial charge in [-0.15, -0.1) is 0 Å². The van der Waals surface area contributed by atoms with E-state index in [0.717, 1.165) is 13.0 Å². The molecule has 0 saturated carbocycles. The van der Waals surface area contributed by atoms with Crippen LogP contribution in [0.3, 0.4) is 0 Å². The number of unbranched alkanes of at least 4 members (excludes halogenated alkanes) is 4. The quantitative estimate of drug-likeness (QED) is 0.676. The minimum atomic E-state index is -0.552. The number of anilines is 1. The van der Waals surface area contributed by atoms with Gasteiger partial charge in [-0.2, -0.15) is 0 Å². The smallest absolute Gasteiger partial charge is 0.268 e. The predicted octanol–water partition coefficient (Wildman–Crippen LogP) is 1.96. The van der Waals surface area contributed by atoms with Crippen LogP contribution in [0.2, 0.25) is 0 Å². The summed E-state index contributed by atoms with van der Waals surface area (Å²) in [5.74, 6) is 0.0564. The van der Waals surface area contributed by atoms with E-state index in [0.29, 0.717) is 5.82 Å². The molecule has 1 aromatic heterocycles. The Morgan fingerprint density at radius 2 is 2.06 bits per heavy atom. The monoisotopic (exact) mass is 236 g/mol. The summed E-state index contributed by atoms with van der Waals surface area (Å²) in [4.78, 5) is 18.9. The number of rotatable bonds is 8. The van der Waals surface area contributed by atoms with Crippen LogP contribution in [0.15, 0.2) is 12.4 Å². The van der Waals surface area contributed by atoms with Gasteiger partial charge in [-0.1, -0.05) is 32.6 Å². The van der Waals surface area contributed by atoms with Crippen LogP contribution in [0, 0.1) is 0 Å². The molecule has 3 N–H and O–H groups in total. The number of hydrogen-bond donors (Lipinski definition) is 2. The Bertz CT molecular complexity index is 354. The fourth-order valence-corrected chi connectivity index (χ4v) is 1.51. The average Bonchev–Trinajstić information content (AvgIpc) is 2.34. The first-order valence-corrected chi connectivity index (χ1v) is 6.09. The molecule has 94 valence electrons. The third kappa shape index (κ3) is 5.29. The predicted molar refractivity (Wildman–Crippen MR) is 67.8 cm³/mol. The minimum Gasteiger partial charge on any atom is -0.369 e. The maximum Gasteiger partial charge on any atom is 0.268 e. The maximum absolute atomic E-state index is 10.9. The molecule has 17 heavy (non-hydrogen) atoms. The fraction of sp³-hybridized carbons (Fsp3) is 0.583. The highest BCUT2D eigenvalue weighted by Gasteiger charge is 2.03. The van der Waals surface area contributed by atoms with Gasteiger partial charge in [-0.05, 0) is 6.42 Å². The molecule has 0 radical (unpaired) electrons. The Balaban J connectivity index is 2.27. The van der Waals surface area contributed by atoms with Crippen LogP contribution in [-0.4, -0.2) is 22.4 Å². The van der Waals surface area contributed by atoms with Gasteiger partial charge in [0.2, 0.25) is 0 Å². The second-order valence-electron chi connectivity index (χ2n) is 3.99. The first-order chi connectivity index (χ1) is 8.24. The van der Waals surface area contributed by atoms with Crippen LogP contribution < -0.4 is 11.1 Å². The third-order valence-corrected chi connectivity index (χ3v) is 2.47. The molecule has 0 bridgehead atoms. The van der Waals surface area contributed by atoms with Crippen LogP contribution in [0.5, 0.6) is 0 Å². The summed E-state index contributed by atoms with van der Waals surface area (Å²) in [7, 11) is 0. The maximum atomic E-state index is 10.9. The van der Waals surface area contributed by atoms with E-state index in [-0.39, 0.29) is 5.69 Å². The molecule has 5 heteroatoms. The average molecular weight is 236 g/mol.